The minimum atomic E-state index is -0.0651. The number of halogens is 1. The molecule has 2 aromatic carbocycles. The molecule has 1 amide bonds. The SMILES string of the molecule is Cc1ccccc1C(=O)NC(CCl)Cc1ccccc1. The number of carbonyl (C=O) groups is 1. The Balaban J connectivity index is 2.03. The van der Waals surface area contributed by atoms with Crippen molar-refractivity contribution in [3.05, 3.63) is 71.3 Å². The van der Waals surface area contributed by atoms with Crippen LogP contribution in [0.2, 0.25) is 0 Å². The molecule has 0 fully saturated rings. The molecule has 0 saturated heterocycles. The maximum Gasteiger partial charge on any atom is 0.251 e. The van der Waals surface area contributed by atoms with E-state index in [0.717, 1.165) is 12.0 Å². The monoisotopic (exact) mass is 287 g/mol. The molecule has 1 N–H and O–H groups in total. The number of alkyl halides is 1. The zero-order chi connectivity index (χ0) is 14.4. The van der Waals surface area contributed by atoms with Gasteiger partial charge in [-0.25, -0.2) is 0 Å². The van der Waals surface area contributed by atoms with E-state index >= 15 is 0 Å². The number of rotatable bonds is 5. The van der Waals surface area contributed by atoms with E-state index in [9.17, 15) is 4.79 Å². The van der Waals surface area contributed by atoms with E-state index in [1.165, 1.54) is 5.56 Å². The van der Waals surface area contributed by atoms with Gasteiger partial charge in [-0.1, -0.05) is 48.5 Å². The molecular weight excluding hydrogens is 270 g/mol. The summed E-state index contributed by atoms with van der Waals surface area (Å²) in [5.41, 5.74) is 2.84. The van der Waals surface area contributed by atoms with E-state index in [1.807, 2.05) is 61.5 Å². The van der Waals surface area contributed by atoms with Crippen molar-refractivity contribution in [2.75, 3.05) is 5.88 Å². The molecule has 0 radical (unpaired) electrons. The molecule has 20 heavy (non-hydrogen) atoms. The van der Waals surface area contributed by atoms with Crippen LogP contribution >= 0.6 is 11.6 Å². The zero-order valence-corrected chi connectivity index (χ0v) is 12.2. The number of aryl methyl sites for hydroxylation is 1. The number of hydrogen-bond donors (Lipinski definition) is 1. The summed E-state index contributed by atoms with van der Waals surface area (Å²) in [5, 5.41) is 3.00. The summed E-state index contributed by atoms with van der Waals surface area (Å²) in [5.74, 6) is 0.330. The van der Waals surface area contributed by atoms with Gasteiger partial charge in [-0.3, -0.25) is 4.79 Å². The van der Waals surface area contributed by atoms with Gasteiger partial charge in [0, 0.05) is 17.5 Å². The predicted molar refractivity (Wildman–Crippen MR) is 83.3 cm³/mol. The molecule has 0 spiro atoms. The third-order valence-electron chi connectivity index (χ3n) is 3.24. The van der Waals surface area contributed by atoms with Crippen LogP contribution in [0.1, 0.15) is 21.5 Å². The van der Waals surface area contributed by atoms with Gasteiger partial charge < -0.3 is 5.32 Å². The summed E-state index contributed by atoms with van der Waals surface area (Å²) in [7, 11) is 0. The van der Waals surface area contributed by atoms with Gasteiger partial charge in [0.05, 0.1) is 0 Å². The number of carbonyl (C=O) groups excluding carboxylic acids is 1. The molecule has 2 rings (SSSR count). The average Bonchev–Trinajstić information content (AvgIpc) is 2.48. The molecule has 0 aliphatic heterocycles. The first-order valence-corrected chi connectivity index (χ1v) is 7.20. The summed E-state index contributed by atoms with van der Waals surface area (Å²) in [4.78, 5) is 12.3. The van der Waals surface area contributed by atoms with Crippen molar-refractivity contribution in [2.45, 2.75) is 19.4 Å². The maximum atomic E-state index is 12.3. The second-order valence-corrected chi connectivity index (χ2v) is 5.14. The highest BCUT2D eigenvalue weighted by Gasteiger charge is 2.14. The van der Waals surface area contributed by atoms with Gasteiger partial charge in [0.25, 0.3) is 5.91 Å². The molecule has 0 heterocycles. The largest absolute Gasteiger partial charge is 0.348 e. The van der Waals surface area contributed by atoms with Crippen molar-refractivity contribution in [1.82, 2.24) is 5.32 Å². The molecule has 0 saturated carbocycles. The van der Waals surface area contributed by atoms with E-state index < -0.39 is 0 Å². The van der Waals surface area contributed by atoms with Crippen LogP contribution in [0.15, 0.2) is 54.6 Å². The van der Waals surface area contributed by atoms with Gasteiger partial charge in [0.1, 0.15) is 0 Å². The van der Waals surface area contributed by atoms with Gasteiger partial charge in [-0.05, 0) is 30.5 Å². The topological polar surface area (TPSA) is 29.1 Å². The summed E-state index contributed by atoms with van der Waals surface area (Å²) >= 11 is 5.97. The molecule has 0 bridgehead atoms. The Morgan fingerprint density at radius 2 is 1.75 bits per heavy atom. The third kappa shape index (κ3) is 3.84. The maximum absolute atomic E-state index is 12.3. The second kappa shape index (κ2) is 7.11. The van der Waals surface area contributed by atoms with Crippen LogP contribution in [0.4, 0.5) is 0 Å². The van der Waals surface area contributed by atoms with E-state index in [-0.39, 0.29) is 11.9 Å². The van der Waals surface area contributed by atoms with Crippen LogP contribution in [0, 0.1) is 6.92 Å². The number of amides is 1. The lowest BCUT2D eigenvalue weighted by molar-refractivity contribution is 0.0940. The minimum absolute atomic E-state index is 0.0637. The van der Waals surface area contributed by atoms with Crippen LogP contribution in [0.3, 0.4) is 0 Å². The molecule has 1 atom stereocenters. The number of nitrogens with one attached hydrogen (secondary N) is 1. The first-order chi connectivity index (χ1) is 9.70. The first-order valence-electron chi connectivity index (χ1n) is 6.67. The molecule has 3 heteroatoms. The average molecular weight is 288 g/mol. The second-order valence-electron chi connectivity index (χ2n) is 4.83. The summed E-state index contributed by atoms with van der Waals surface area (Å²) in [6.07, 6.45) is 0.738. The van der Waals surface area contributed by atoms with Crippen LogP contribution < -0.4 is 5.32 Å². The van der Waals surface area contributed by atoms with Gasteiger partial charge in [-0.15, -0.1) is 11.6 Å². The van der Waals surface area contributed by atoms with Crippen molar-refractivity contribution >= 4 is 17.5 Å². The van der Waals surface area contributed by atoms with Crippen molar-refractivity contribution in [3.63, 3.8) is 0 Å². The Morgan fingerprint density at radius 3 is 2.40 bits per heavy atom. The highest BCUT2D eigenvalue weighted by Crippen LogP contribution is 2.09. The minimum Gasteiger partial charge on any atom is -0.348 e. The summed E-state index contributed by atoms with van der Waals surface area (Å²) < 4.78 is 0. The van der Waals surface area contributed by atoms with Crippen molar-refractivity contribution < 1.29 is 4.79 Å². The molecule has 0 aliphatic rings. The standard InChI is InChI=1S/C17H18ClNO/c1-13-7-5-6-10-16(13)17(20)19-15(12-18)11-14-8-3-2-4-9-14/h2-10,15H,11-12H2,1H3,(H,19,20). The molecular formula is C17H18ClNO. The molecule has 2 nitrogen and oxygen atoms in total. The van der Waals surface area contributed by atoms with Gasteiger partial charge in [0.15, 0.2) is 0 Å². The highest BCUT2D eigenvalue weighted by atomic mass is 35.5. The van der Waals surface area contributed by atoms with E-state index in [0.29, 0.717) is 11.4 Å². The Morgan fingerprint density at radius 1 is 1.10 bits per heavy atom. The third-order valence-corrected chi connectivity index (χ3v) is 3.61. The van der Waals surface area contributed by atoms with Crippen LogP contribution in [0.25, 0.3) is 0 Å². The lowest BCUT2D eigenvalue weighted by atomic mass is 10.1. The molecule has 104 valence electrons. The number of hydrogen-bond acceptors (Lipinski definition) is 1. The van der Waals surface area contributed by atoms with Crippen molar-refractivity contribution in [2.24, 2.45) is 0 Å². The van der Waals surface area contributed by atoms with E-state index in [1.54, 1.807) is 0 Å². The Hall–Kier alpha value is -1.80. The fourth-order valence-corrected chi connectivity index (χ4v) is 2.32. The lowest BCUT2D eigenvalue weighted by Gasteiger charge is -2.17. The smallest absolute Gasteiger partial charge is 0.251 e. The Kier molecular flexibility index (Phi) is 5.19. The molecule has 2 aromatic rings. The van der Waals surface area contributed by atoms with Crippen LogP contribution in [-0.4, -0.2) is 17.8 Å². The van der Waals surface area contributed by atoms with Crippen LogP contribution in [-0.2, 0) is 6.42 Å². The fourth-order valence-electron chi connectivity index (χ4n) is 2.13. The van der Waals surface area contributed by atoms with E-state index in [4.69, 9.17) is 11.6 Å². The van der Waals surface area contributed by atoms with Gasteiger partial charge in [0.2, 0.25) is 0 Å². The quantitative estimate of drug-likeness (QED) is 0.837. The number of benzene rings is 2. The summed E-state index contributed by atoms with van der Waals surface area (Å²) in [6.45, 7) is 1.93. The predicted octanol–water partition coefficient (Wildman–Crippen LogP) is 3.57. The Labute approximate surface area is 124 Å². The molecule has 0 aliphatic carbocycles. The van der Waals surface area contributed by atoms with Crippen molar-refractivity contribution in [1.29, 1.82) is 0 Å². The molecule has 0 aromatic heterocycles. The molecule has 1 unspecified atom stereocenters. The first kappa shape index (κ1) is 14.6. The van der Waals surface area contributed by atoms with E-state index in [2.05, 4.69) is 5.32 Å². The normalized spacial score (nSPS) is 11.9. The van der Waals surface area contributed by atoms with Crippen LogP contribution in [0.5, 0.6) is 0 Å². The fraction of sp³-hybridized carbons (Fsp3) is 0.235. The van der Waals surface area contributed by atoms with Gasteiger partial charge >= 0.3 is 0 Å². The zero-order valence-electron chi connectivity index (χ0n) is 11.5. The van der Waals surface area contributed by atoms with Gasteiger partial charge in [-0.2, -0.15) is 0 Å². The highest BCUT2D eigenvalue weighted by molar-refractivity contribution is 6.18. The lowest BCUT2D eigenvalue weighted by Crippen LogP contribution is -2.38. The Bertz CT molecular complexity index is 568. The summed E-state index contributed by atoms with van der Waals surface area (Å²) in [6, 6.07) is 17.5. The van der Waals surface area contributed by atoms with Crippen molar-refractivity contribution in [3.8, 4) is 0 Å².